The summed E-state index contributed by atoms with van der Waals surface area (Å²) in [7, 11) is 0. The van der Waals surface area contributed by atoms with Gasteiger partial charge in [0, 0.05) is 0 Å². The Morgan fingerprint density at radius 1 is 1.56 bits per heavy atom. The van der Waals surface area contributed by atoms with Crippen LogP contribution in [0.2, 0.25) is 3.80 Å². The molecule has 1 saturated carbocycles. The van der Waals surface area contributed by atoms with E-state index in [4.69, 9.17) is 11.5 Å². The van der Waals surface area contributed by atoms with E-state index >= 15 is 0 Å². The van der Waals surface area contributed by atoms with Gasteiger partial charge in [0.15, 0.2) is 0 Å². The van der Waals surface area contributed by atoms with Crippen molar-refractivity contribution in [2.24, 2.45) is 17.4 Å². The van der Waals surface area contributed by atoms with Crippen molar-refractivity contribution in [2.75, 3.05) is 13.1 Å². The molecule has 0 saturated heterocycles. The van der Waals surface area contributed by atoms with Crippen LogP contribution in [0, 0.1) is 5.92 Å². The van der Waals surface area contributed by atoms with Crippen molar-refractivity contribution in [1.29, 1.82) is 0 Å². The topological polar surface area (TPSA) is 52.0 Å². The molecule has 0 bridgehead atoms. The van der Waals surface area contributed by atoms with Crippen molar-refractivity contribution >= 4 is 0 Å². The van der Waals surface area contributed by atoms with Gasteiger partial charge in [-0.05, 0) is 0 Å². The second-order valence-electron chi connectivity index (χ2n) is 2.65. The summed E-state index contributed by atoms with van der Waals surface area (Å²) in [6.45, 7) is 1.59. The van der Waals surface area contributed by atoms with Crippen LogP contribution in [0.15, 0.2) is 0 Å². The van der Waals surface area contributed by atoms with E-state index in [1.165, 1.54) is 12.8 Å². The fourth-order valence-electron chi connectivity index (χ4n) is 1.23. The van der Waals surface area contributed by atoms with Gasteiger partial charge in [-0.2, -0.15) is 0 Å². The second-order valence-corrected chi connectivity index (χ2v) is 4.91. The molecule has 0 aliphatic heterocycles. The molecular weight excluding hydrogens is 295 g/mol. The summed E-state index contributed by atoms with van der Waals surface area (Å²) in [6.07, 6.45) is 2.53. The van der Waals surface area contributed by atoms with Crippen LogP contribution in [0.1, 0.15) is 12.8 Å². The minimum absolute atomic E-state index is 0.356. The standard InChI is InChI=1S/C6H13N2.Pt/c7-3-5-1-2-6(5)4-8;/h5H,1-4,7-8H2;. The van der Waals surface area contributed by atoms with Crippen LogP contribution < -0.4 is 11.5 Å². The molecule has 2 unspecified atom stereocenters. The Balaban J connectivity index is 2.41. The Bertz CT molecular complexity index is 101. The monoisotopic (exact) mass is 308 g/mol. The predicted molar refractivity (Wildman–Crippen MR) is 33.5 cm³/mol. The maximum absolute atomic E-state index is 5.57. The second kappa shape index (κ2) is 2.69. The van der Waals surface area contributed by atoms with Gasteiger partial charge in [-0.1, -0.05) is 0 Å². The molecule has 2 nitrogen and oxygen atoms in total. The molecule has 1 fully saturated rings. The Labute approximate surface area is 67.3 Å². The zero-order chi connectivity index (χ0) is 6.91. The van der Waals surface area contributed by atoms with Crippen LogP contribution in [0.5, 0.6) is 0 Å². The average Bonchev–Trinajstić information content (AvgIpc) is 1.85. The Hall–Kier alpha value is 0.608. The van der Waals surface area contributed by atoms with Gasteiger partial charge in [0.1, 0.15) is 0 Å². The van der Waals surface area contributed by atoms with Crippen LogP contribution in [0.4, 0.5) is 0 Å². The quantitative estimate of drug-likeness (QED) is 0.756. The first kappa shape index (κ1) is 7.71. The molecule has 4 N–H and O–H groups in total. The summed E-state index contributed by atoms with van der Waals surface area (Å²) in [4.78, 5) is 0. The molecule has 0 radical (unpaired) electrons. The van der Waals surface area contributed by atoms with Gasteiger partial charge in [-0.25, -0.2) is 0 Å². The van der Waals surface area contributed by atoms with E-state index < -0.39 is 0 Å². The van der Waals surface area contributed by atoms with Crippen molar-refractivity contribution in [1.82, 2.24) is 0 Å². The van der Waals surface area contributed by atoms with Crippen LogP contribution in [-0.2, 0) is 19.8 Å². The zero-order valence-corrected chi connectivity index (χ0v) is 7.65. The summed E-state index contributed by atoms with van der Waals surface area (Å²) < 4.78 is 0.356. The van der Waals surface area contributed by atoms with Crippen LogP contribution >= 0.6 is 0 Å². The van der Waals surface area contributed by atoms with Crippen LogP contribution in [0.25, 0.3) is 0 Å². The number of hydrogen-bond donors (Lipinski definition) is 2. The van der Waals surface area contributed by atoms with Gasteiger partial charge in [-0.3, -0.25) is 0 Å². The van der Waals surface area contributed by atoms with Crippen LogP contribution in [-0.4, -0.2) is 13.1 Å². The molecule has 9 heavy (non-hydrogen) atoms. The number of hydrogen-bond acceptors (Lipinski definition) is 2. The predicted octanol–water partition coefficient (Wildman–Crippen LogP) is 0.0193. The SMILES string of the molecule is NCC1CC[C]1([Pt])CN. The van der Waals surface area contributed by atoms with Gasteiger partial charge >= 0.3 is 66.9 Å². The van der Waals surface area contributed by atoms with E-state index in [-0.39, 0.29) is 0 Å². The van der Waals surface area contributed by atoms with Gasteiger partial charge in [0.2, 0.25) is 0 Å². The molecule has 1 aliphatic carbocycles. The molecule has 1 aliphatic rings. The first-order valence-corrected chi connectivity index (χ1v) is 4.42. The molecule has 2 atom stereocenters. The normalized spacial score (nSPS) is 42.4. The van der Waals surface area contributed by atoms with Crippen molar-refractivity contribution in [3.05, 3.63) is 0 Å². The van der Waals surface area contributed by atoms with Gasteiger partial charge in [-0.15, -0.1) is 0 Å². The fraction of sp³-hybridized carbons (Fsp3) is 1.00. The fourth-order valence-corrected chi connectivity index (χ4v) is 2.16. The summed E-state index contributed by atoms with van der Waals surface area (Å²) >= 11 is 2.43. The Kier molecular flexibility index (Phi) is 2.31. The van der Waals surface area contributed by atoms with E-state index in [1.54, 1.807) is 0 Å². The molecule has 3 heteroatoms. The third kappa shape index (κ3) is 1.21. The van der Waals surface area contributed by atoms with Gasteiger partial charge in [0.05, 0.1) is 0 Å². The Morgan fingerprint density at radius 3 is 2.33 bits per heavy atom. The van der Waals surface area contributed by atoms with E-state index in [9.17, 15) is 0 Å². The van der Waals surface area contributed by atoms with Crippen LogP contribution in [0.3, 0.4) is 0 Å². The molecule has 0 spiro atoms. The third-order valence-electron chi connectivity index (χ3n) is 2.21. The molecule has 0 aromatic carbocycles. The minimum atomic E-state index is 0.356. The van der Waals surface area contributed by atoms with Crippen molar-refractivity contribution < 1.29 is 19.8 Å². The zero-order valence-electron chi connectivity index (χ0n) is 5.38. The van der Waals surface area contributed by atoms with Crippen molar-refractivity contribution in [2.45, 2.75) is 16.6 Å². The molecule has 0 amide bonds. The molecule has 1 rings (SSSR count). The maximum atomic E-state index is 5.57. The average molecular weight is 308 g/mol. The molecule has 57 valence electrons. The molecule has 0 aromatic rings. The van der Waals surface area contributed by atoms with E-state index in [1.807, 2.05) is 0 Å². The Morgan fingerprint density at radius 2 is 2.22 bits per heavy atom. The number of rotatable bonds is 2. The first-order valence-electron chi connectivity index (χ1n) is 3.29. The van der Waals surface area contributed by atoms with Crippen molar-refractivity contribution in [3.8, 4) is 0 Å². The number of nitrogens with two attached hydrogens (primary N) is 2. The molecule has 0 aromatic heterocycles. The molecule has 0 heterocycles. The van der Waals surface area contributed by atoms with E-state index in [2.05, 4.69) is 19.8 Å². The third-order valence-corrected chi connectivity index (χ3v) is 4.17. The summed E-state index contributed by atoms with van der Waals surface area (Å²) in [6, 6.07) is 0. The summed E-state index contributed by atoms with van der Waals surface area (Å²) in [5.41, 5.74) is 11.1. The van der Waals surface area contributed by atoms with Gasteiger partial charge in [0.25, 0.3) is 0 Å². The summed E-state index contributed by atoms with van der Waals surface area (Å²) in [5, 5.41) is 0. The van der Waals surface area contributed by atoms with E-state index in [0.29, 0.717) is 9.72 Å². The van der Waals surface area contributed by atoms with Crippen molar-refractivity contribution in [3.63, 3.8) is 0 Å². The van der Waals surface area contributed by atoms with E-state index in [0.717, 1.165) is 13.1 Å². The van der Waals surface area contributed by atoms with Gasteiger partial charge < -0.3 is 0 Å². The first-order chi connectivity index (χ1) is 4.23. The molecular formula is C6H13N2Pt. The summed E-state index contributed by atoms with van der Waals surface area (Å²) in [5.74, 6) is 0.684.